The van der Waals surface area contributed by atoms with Crippen LogP contribution in [-0.4, -0.2) is 27.6 Å². The number of carbonyl (C=O) groups excluding carboxylic acids is 1. The van der Waals surface area contributed by atoms with E-state index in [0.717, 1.165) is 35.2 Å². The van der Waals surface area contributed by atoms with E-state index in [1.54, 1.807) is 11.0 Å². The van der Waals surface area contributed by atoms with Crippen LogP contribution in [0, 0.1) is 0 Å². The van der Waals surface area contributed by atoms with Gasteiger partial charge in [-0.25, -0.2) is 4.79 Å². The van der Waals surface area contributed by atoms with Gasteiger partial charge in [-0.1, -0.05) is 73.6 Å². The van der Waals surface area contributed by atoms with Crippen LogP contribution in [0.4, 0.5) is 4.79 Å². The van der Waals surface area contributed by atoms with Crippen molar-refractivity contribution in [2.45, 2.75) is 39.7 Å². The predicted octanol–water partition coefficient (Wildman–Crippen LogP) is 5.54. The molecular weight excluding hydrogens is 400 g/mol. The molecule has 1 N–H and O–H groups in total. The van der Waals surface area contributed by atoms with Crippen LogP contribution >= 0.6 is 0 Å². The molecule has 1 atom stereocenters. The number of carbonyl (C=O) groups is 1. The van der Waals surface area contributed by atoms with Crippen molar-refractivity contribution in [3.8, 4) is 11.4 Å². The van der Waals surface area contributed by atoms with Gasteiger partial charge in [-0.3, -0.25) is 4.90 Å². The van der Waals surface area contributed by atoms with Crippen LogP contribution in [0.1, 0.15) is 49.4 Å². The van der Waals surface area contributed by atoms with Gasteiger partial charge < -0.3 is 9.84 Å². The lowest BCUT2D eigenvalue weighted by atomic mass is 9.93. The van der Waals surface area contributed by atoms with Gasteiger partial charge in [0.1, 0.15) is 0 Å². The second-order valence-corrected chi connectivity index (χ2v) is 7.85. The Bertz CT molecular complexity index is 1140. The lowest BCUT2D eigenvalue weighted by Crippen LogP contribution is -2.46. The van der Waals surface area contributed by atoms with Crippen molar-refractivity contribution in [2.75, 3.05) is 6.54 Å². The van der Waals surface area contributed by atoms with Crippen LogP contribution in [0.2, 0.25) is 0 Å². The molecule has 32 heavy (non-hydrogen) atoms. The molecule has 1 aliphatic rings. The normalized spacial score (nSPS) is 16.3. The number of rotatable bonds is 7. The van der Waals surface area contributed by atoms with Crippen molar-refractivity contribution in [1.82, 2.24) is 20.4 Å². The van der Waals surface area contributed by atoms with E-state index in [4.69, 9.17) is 9.51 Å². The highest BCUT2D eigenvalue weighted by atomic mass is 16.5. The molecular formula is C26H28N4O2. The first kappa shape index (κ1) is 21.6. The number of aryl methyl sites for hydroxylation is 2. The average molecular weight is 429 g/mol. The third kappa shape index (κ3) is 4.08. The molecule has 0 spiro atoms. The van der Waals surface area contributed by atoms with E-state index < -0.39 is 0 Å². The number of nitrogens with one attached hydrogen (secondary N) is 1. The molecule has 0 saturated carbocycles. The highest BCUT2D eigenvalue weighted by molar-refractivity contribution is 5.87. The highest BCUT2D eigenvalue weighted by Crippen LogP contribution is 2.37. The molecule has 2 aromatic carbocycles. The Morgan fingerprint density at radius 1 is 1.06 bits per heavy atom. The quantitative estimate of drug-likeness (QED) is 0.501. The lowest BCUT2D eigenvalue weighted by molar-refractivity contribution is 0.209. The van der Waals surface area contributed by atoms with E-state index in [0.29, 0.717) is 18.3 Å². The molecule has 6 nitrogen and oxygen atoms in total. The highest BCUT2D eigenvalue weighted by Gasteiger charge is 2.35. The first-order chi connectivity index (χ1) is 15.5. The SMILES string of the molecule is C=CCN1C(=O)NC(c2ccc(CC)cc2)C(c2nc(-c3ccc(CC)cc3)no2)=C1C. The van der Waals surface area contributed by atoms with Gasteiger partial charge >= 0.3 is 6.03 Å². The van der Waals surface area contributed by atoms with Crippen molar-refractivity contribution in [2.24, 2.45) is 0 Å². The summed E-state index contributed by atoms with van der Waals surface area (Å²) in [6, 6.07) is 15.8. The molecule has 0 aliphatic carbocycles. The summed E-state index contributed by atoms with van der Waals surface area (Å²) in [6.07, 6.45) is 3.63. The first-order valence-corrected chi connectivity index (χ1v) is 11.0. The number of aromatic nitrogens is 2. The fourth-order valence-electron chi connectivity index (χ4n) is 3.94. The van der Waals surface area contributed by atoms with E-state index in [1.165, 1.54) is 11.1 Å². The number of nitrogens with zero attached hydrogens (tertiary/aromatic N) is 3. The summed E-state index contributed by atoms with van der Waals surface area (Å²) in [4.78, 5) is 19.2. The van der Waals surface area contributed by atoms with Crippen LogP contribution in [-0.2, 0) is 12.8 Å². The number of allylic oxidation sites excluding steroid dienone is 1. The van der Waals surface area contributed by atoms with Crippen LogP contribution in [0.3, 0.4) is 0 Å². The first-order valence-electron chi connectivity index (χ1n) is 11.0. The van der Waals surface area contributed by atoms with E-state index in [9.17, 15) is 4.79 Å². The minimum Gasteiger partial charge on any atom is -0.334 e. The number of urea groups is 1. The van der Waals surface area contributed by atoms with Crippen LogP contribution in [0.25, 0.3) is 17.0 Å². The summed E-state index contributed by atoms with van der Waals surface area (Å²) < 4.78 is 5.72. The van der Waals surface area contributed by atoms with Crippen molar-refractivity contribution in [3.05, 3.63) is 89.5 Å². The predicted molar refractivity (Wildman–Crippen MR) is 126 cm³/mol. The van der Waals surface area contributed by atoms with Gasteiger partial charge in [0.25, 0.3) is 5.89 Å². The largest absolute Gasteiger partial charge is 0.334 e. The van der Waals surface area contributed by atoms with E-state index in [1.807, 2.05) is 31.2 Å². The number of hydrogen-bond acceptors (Lipinski definition) is 4. The van der Waals surface area contributed by atoms with Crippen molar-refractivity contribution < 1.29 is 9.32 Å². The second kappa shape index (κ2) is 9.22. The van der Waals surface area contributed by atoms with Crippen molar-refractivity contribution in [3.63, 3.8) is 0 Å². The zero-order chi connectivity index (χ0) is 22.7. The zero-order valence-corrected chi connectivity index (χ0v) is 18.8. The summed E-state index contributed by atoms with van der Waals surface area (Å²) in [5.41, 5.74) is 5.91. The van der Waals surface area contributed by atoms with Gasteiger partial charge in [-0.05, 0) is 36.5 Å². The van der Waals surface area contributed by atoms with Crippen molar-refractivity contribution >= 4 is 11.6 Å². The monoisotopic (exact) mass is 428 g/mol. The third-order valence-electron chi connectivity index (χ3n) is 5.91. The molecule has 0 saturated heterocycles. The maximum absolute atomic E-state index is 12.8. The Hall–Kier alpha value is -3.67. The number of amides is 2. The molecule has 0 fully saturated rings. The van der Waals surface area contributed by atoms with Crippen LogP contribution in [0.15, 0.2) is 71.4 Å². The Morgan fingerprint density at radius 3 is 2.28 bits per heavy atom. The summed E-state index contributed by atoms with van der Waals surface area (Å²) in [5, 5.41) is 7.33. The van der Waals surface area contributed by atoms with Gasteiger partial charge in [-0.15, -0.1) is 6.58 Å². The van der Waals surface area contributed by atoms with Crippen LogP contribution in [0.5, 0.6) is 0 Å². The number of hydrogen-bond donors (Lipinski definition) is 1. The molecule has 164 valence electrons. The maximum Gasteiger partial charge on any atom is 0.322 e. The molecule has 4 rings (SSSR count). The molecule has 1 aliphatic heterocycles. The summed E-state index contributed by atoms with van der Waals surface area (Å²) in [6.45, 7) is 10.3. The van der Waals surface area contributed by atoms with E-state index in [2.05, 4.69) is 55.2 Å². The Morgan fingerprint density at radius 2 is 1.69 bits per heavy atom. The molecule has 2 heterocycles. The van der Waals surface area contributed by atoms with Gasteiger partial charge in [0.15, 0.2) is 0 Å². The van der Waals surface area contributed by atoms with Crippen LogP contribution < -0.4 is 5.32 Å². The summed E-state index contributed by atoms with van der Waals surface area (Å²) >= 11 is 0. The Balaban J connectivity index is 1.77. The molecule has 1 unspecified atom stereocenters. The Kier molecular flexibility index (Phi) is 6.21. The van der Waals surface area contributed by atoms with Gasteiger partial charge in [0, 0.05) is 17.8 Å². The minimum absolute atomic E-state index is 0.175. The standard InChI is InChI=1S/C26H28N4O2/c1-5-16-30-17(4)22(23(27-26(30)31)20-12-8-18(6-2)9-13-20)25-28-24(29-32-25)21-14-10-19(7-3)11-15-21/h5,8-15,23H,1,6-7,16H2,2-4H3,(H,27,31). The topological polar surface area (TPSA) is 71.3 Å². The van der Waals surface area contributed by atoms with Gasteiger partial charge in [0.2, 0.25) is 5.82 Å². The maximum atomic E-state index is 12.8. The fourth-order valence-corrected chi connectivity index (χ4v) is 3.94. The molecule has 2 amide bonds. The third-order valence-corrected chi connectivity index (χ3v) is 5.91. The van der Waals surface area contributed by atoms with Crippen molar-refractivity contribution in [1.29, 1.82) is 0 Å². The Labute approximate surface area is 188 Å². The molecule has 0 radical (unpaired) electrons. The minimum atomic E-state index is -0.384. The number of benzene rings is 2. The van der Waals surface area contributed by atoms with Gasteiger partial charge in [0.05, 0.1) is 11.6 Å². The van der Waals surface area contributed by atoms with E-state index in [-0.39, 0.29) is 12.1 Å². The summed E-state index contributed by atoms with van der Waals surface area (Å²) in [5.74, 6) is 0.922. The molecule has 3 aromatic rings. The zero-order valence-electron chi connectivity index (χ0n) is 18.8. The second-order valence-electron chi connectivity index (χ2n) is 7.85. The van der Waals surface area contributed by atoms with E-state index >= 15 is 0 Å². The average Bonchev–Trinajstić information content (AvgIpc) is 3.31. The lowest BCUT2D eigenvalue weighted by Gasteiger charge is -2.34. The summed E-state index contributed by atoms with van der Waals surface area (Å²) in [7, 11) is 0. The van der Waals surface area contributed by atoms with Gasteiger partial charge in [-0.2, -0.15) is 4.98 Å². The molecule has 0 bridgehead atoms. The molecule has 1 aromatic heterocycles. The fraction of sp³-hybridized carbons (Fsp3) is 0.269. The molecule has 6 heteroatoms. The smallest absolute Gasteiger partial charge is 0.322 e.